The van der Waals surface area contributed by atoms with Crippen molar-refractivity contribution in [3.63, 3.8) is 0 Å². The molecule has 30 heavy (non-hydrogen) atoms. The van der Waals surface area contributed by atoms with Gasteiger partial charge in [0.1, 0.15) is 0 Å². The first-order valence-electron chi connectivity index (χ1n) is 10.6. The number of rotatable bonds is 4. The van der Waals surface area contributed by atoms with Gasteiger partial charge in [0.25, 0.3) is 0 Å². The highest BCUT2D eigenvalue weighted by atomic mass is 32.1. The predicted octanol–water partition coefficient (Wildman–Crippen LogP) is 4.06. The Kier molecular flexibility index (Phi) is 6.08. The van der Waals surface area contributed by atoms with Gasteiger partial charge in [-0.3, -0.25) is 14.8 Å². The van der Waals surface area contributed by atoms with Crippen molar-refractivity contribution in [3.05, 3.63) is 42.9 Å². The van der Waals surface area contributed by atoms with E-state index in [1.54, 1.807) is 12.4 Å². The van der Waals surface area contributed by atoms with E-state index in [4.69, 9.17) is 12.2 Å². The molecular formula is C23H27N5OS. The zero-order chi connectivity index (χ0) is 21.1. The molecule has 0 radical (unpaired) electrons. The molecular weight excluding hydrogens is 394 g/mol. The molecule has 1 atom stereocenters. The van der Waals surface area contributed by atoms with E-state index in [1.165, 1.54) is 0 Å². The number of carbonyl (C=O) groups excluding carboxylic acids is 1. The fraction of sp³-hybridized carbons (Fsp3) is 0.391. The third-order valence-corrected chi connectivity index (χ3v) is 6.24. The summed E-state index contributed by atoms with van der Waals surface area (Å²) in [6.07, 6.45) is 7.31. The Hall–Kier alpha value is -2.80. The number of piperidine rings is 1. The van der Waals surface area contributed by atoms with Crippen molar-refractivity contribution in [2.75, 3.05) is 31.5 Å². The molecule has 1 aliphatic heterocycles. The van der Waals surface area contributed by atoms with Crippen LogP contribution in [0.15, 0.2) is 42.9 Å². The van der Waals surface area contributed by atoms with Crippen LogP contribution in [0.25, 0.3) is 21.7 Å². The van der Waals surface area contributed by atoms with E-state index < -0.39 is 0 Å². The lowest BCUT2D eigenvalue weighted by Crippen LogP contribution is -2.47. The number of hydrogen-bond donors (Lipinski definition) is 1. The van der Waals surface area contributed by atoms with Crippen molar-refractivity contribution in [3.8, 4) is 0 Å². The third-order valence-electron chi connectivity index (χ3n) is 5.88. The lowest BCUT2D eigenvalue weighted by molar-refractivity contribution is -0.136. The van der Waals surface area contributed by atoms with Crippen molar-refractivity contribution < 1.29 is 4.79 Å². The van der Waals surface area contributed by atoms with Gasteiger partial charge < -0.3 is 15.1 Å². The molecule has 0 aliphatic carbocycles. The molecule has 1 aromatic carbocycles. The van der Waals surface area contributed by atoms with Crippen LogP contribution in [0.5, 0.6) is 0 Å². The SMILES string of the molecule is CCN(CC)C(=O)[C@H]1CCCN(C(=S)Nc2cc3ccncc3c3ncccc23)C1. The van der Waals surface area contributed by atoms with E-state index in [1.807, 2.05) is 43.1 Å². The van der Waals surface area contributed by atoms with E-state index in [0.717, 1.165) is 59.8 Å². The molecule has 0 unspecified atom stereocenters. The highest BCUT2D eigenvalue weighted by molar-refractivity contribution is 7.80. The maximum absolute atomic E-state index is 12.8. The Morgan fingerprint density at radius 1 is 1.27 bits per heavy atom. The summed E-state index contributed by atoms with van der Waals surface area (Å²) in [7, 11) is 0. The van der Waals surface area contributed by atoms with Gasteiger partial charge in [0, 0.05) is 55.5 Å². The Morgan fingerprint density at radius 2 is 2.10 bits per heavy atom. The minimum atomic E-state index is -0.000473. The summed E-state index contributed by atoms with van der Waals surface area (Å²) in [5.41, 5.74) is 1.83. The number of amides is 1. The van der Waals surface area contributed by atoms with Crippen LogP contribution in [0.3, 0.4) is 0 Å². The van der Waals surface area contributed by atoms with Crippen LogP contribution in [0.2, 0.25) is 0 Å². The number of hydrogen-bond acceptors (Lipinski definition) is 4. The molecule has 1 fully saturated rings. The van der Waals surface area contributed by atoms with Gasteiger partial charge in [0.2, 0.25) is 5.91 Å². The van der Waals surface area contributed by atoms with Crippen LogP contribution >= 0.6 is 12.2 Å². The van der Waals surface area contributed by atoms with Crippen LogP contribution < -0.4 is 5.32 Å². The number of fused-ring (bicyclic) bond motifs is 3. The largest absolute Gasteiger partial charge is 0.348 e. The van der Waals surface area contributed by atoms with Crippen molar-refractivity contribution in [2.24, 2.45) is 5.92 Å². The summed E-state index contributed by atoms with van der Waals surface area (Å²) in [5.74, 6) is 0.236. The molecule has 1 aliphatic rings. The summed E-state index contributed by atoms with van der Waals surface area (Å²) in [6.45, 7) is 7.08. The molecule has 1 amide bonds. The summed E-state index contributed by atoms with van der Waals surface area (Å²) in [4.78, 5) is 25.7. The number of aromatic nitrogens is 2. The monoisotopic (exact) mass is 421 g/mol. The number of anilines is 1. The molecule has 3 aromatic rings. The van der Waals surface area contributed by atoms with Gasteiger partial charge in [-0.15, -0.1) is 0 Å². The number of nitrogens with one attached hydrogen (secondary N) is 1. The number of thiocarbonyl (C=S) groups is 1. The molecule has 3 heterocycles. The van der Waals surface area contributed by atoms with Crippen molar-refractivity contribution in [1.29, 1.82) is 0 Å². The summed E-state index contributed by atoms with van der Waals surface area (Å²) in [5, 5.41) is 7.19. The lowest BCUT2D eigenvalue weighted by Gasteiger charge is -2.36. The molecule has 0 bridgehead atoms. The first-order valence-corrected chi connectivity index (χ1v) is 11.0. The maximum Gasteiger partial charge on any atom is 0.227 e. The molecule has 156 valence electrons. The second-order valence-corrected chi connectivity index (χ2v) is 8.03. The van der Waals surface area contributed by atoms with Gasteiger partial charge in [-0.1, -0.05) is 0 Å². The first-order chi connectivity index (χ1) is 14.6. The van der Waals surface area contributed by atoms with Crippen molar-refractivity contribution >= 4 is 50.6 Å². The van der Waals surface area contributed by atoms with E-state index in [-0.39, 0.29) is 11.8 Å². The average Bonchev–Trinajstić information content (AvgIpc) is 2.80. The van der Waals surface area contributed by atoms with E-state index >= 15 is 0 Å². The zero-order valence-corrected chi connectivity index (χ0v) is 18.3. The van der Waals surface area contributed by atoms with Crippen LogP contribution in [-0.2, 0) is 4.79 Å². The highest BCUT2D eigenvalue weighted by Crippen LogP contribution is 2.30. The van der Waals surface area contributed by atoms with Crippen LogP contribution in [0.1, 0.15) is 26.7 Å². The lowest BCUT2D eigenvalue weighted by atomic mass is 9.96. The van der Waals surface area contributed by atoms with Crippen LogP contribution in [0, 0.1) is 5.92 Å². The smallest absolute Gasteiger partial charge is 0.227 e. The van der Waals surface area contributed by atoms with E-state index in [9.17, 15) is 4.79 Å². The average molecular weight is 422 g/mol. The number of nitrogens with zero attached hydrogens (tertiary/aromatic N) is 4. The predicted molar refractivity (Wildman–Crippen MR) is 125 cm³/mol. The fourth-order valence-electron chi connectivity index (χ4n) is 4.25. The van der Waals surface area contributed by atoms with Gasteiger partial charge in [-0.05, 0) is 68.6 Å². The summed E-state index contributed by atoms with van der Waals surface area (Å²) < 4.78 is 0. The zero-order valence-electron chi connectivity index (χ0n) is 17.5. The minimum Gasteiger partial charge on any atom is -0.348 e. The van der Waals surface area contributed by atoms with E-state index in [2.05, 4.69) is 26.3 Å². The maximum atomic E-state index is 12.8. The second-order valence-electron chi connectivity index (χ2n) is 7.65. The molecule has 7 heteroatoms. The standard InChI is InChI=1S/C23H27N5OS/c1-3-27(4-2)22(29)17-7-6-12-28(15-17)23(30)26-20-13-16-9-11-24-14-19(16)21-18(20)8-5-10-25-21/h5,8-11,13-14,17H,3-4,6-7,12,15H2,1-2H3,(H,26,30)/t17-/m0/s1. The Balaban J connectivity index is 1.57. The fourth-order valence-corrected chi connectivity index (χ4v) is 4.53. The number of carbonyl (C=O) groups is 1. The van der Waals surface area contributed by atoms with Gasteiger partial charge in [0.05, 0.1) is 17.1 Å². The van der Waals surface area contributed by atoms with Crippen LogP contribution in [-0.4, -0.2) is 57.0 Å². The molecule has 2 aromatic heterocycles. The molecule has 1 saturated heterocycles. The normalized spacial score (nSPS) is 16.6. The molecule has 0 spiro atoms. The number of likely N-dealkylation sites (tertiary alicyclic amines) is 1. The molecule has 1 N–H and O–H groups in total. The Bertz CT molecular complexity index is 1080. The second kappa shape index (κ2) is 8.92. The van der Waals surface area contributed by atoms with Gasteiger partial charge in [0.15, 0.2) is 5.11 Å². The number of benzene rings is 1. The Morgan fingerprint density at radius 3 is 2.90 bits per heavy atom. The third kappa shape index (κ3) is 3.94. The molecule has 4 rings (SSSR count). The van der Waals surface area contributed by atoms with Gasteiger partial charge in [-0.2, -0.15) is 0 Å². The minimum absolute atomic E-state index is 0.000473. The van der Waals surface area contributed by atoms with Crippen LogP contribution in [0.4, 0.5) is 5.69 Å². The molecule has 0 saturated carbocycles. The quantitative estimate of drug-likeness (QED) is 0.506. The highest BCUT2D eigenvalue weighted by Gasteiger charge is 2.29. The Labute approximate surface area is 182 Å². The van der Waals surface area contributed by atoms with Crippen molar-refractivity contribution in [1.82, 2.24) is 19.8 Å². The topological polar surface area (TPSA) is 61.4 Å². The van der Waals surface area contributed by atoms with E-state index in [0.29, 0.717) is 11.7 Å². The molecule has 6 nitrogen and oxygen atoms in total. The van der Waals surface area contributed by atoms with Gasteiger partial charge in [-0.25, -0.2) is 0 Å². The summed E-state index contributed by atoms with van der Waals surface area (Å²) in [6, 6.07) is 8.05. The van der Waals surface area contributed by atoms with Gasteiger partial charge >= 0.3 is 0 Å². The first kappa shape index (κ1) is 20.5. The summed E-state index contributed by atoms with van der Waals surface area (Å²) >= 11 is 5.76. The van der Waals surface area contributed by atoms with Crippen molar-refractivity contribution in [2.45, 2.75) is 26.7 Å². The number of pyridine rings is 2.